The van der Waals surface area contributed by atoms with Crippen molar-refractivity contribution >= 4 is 46.9 Å². The van der Waals surface area contributed by atoms with Crippen molar-refractivity contribution in [1.29, 1.82) is 0 Å². The maximum atomic E-state index is 13.2. The zero-order valence-electron chi connectivity index (χ0n) is 17.6. The molecule has 1 aromatic heterocycles. The Morgan fingerprint density at radius 2 is 1.91 bits per heavy atom. The van der Waals surface area contributed by atoms with E-state index in [4.69, 9.17) is 21.4 Å². The van der Waals surface area contributed by atoms with E-state index in [0.717, 1.165) is 5.56 Å². The number of carboxylic acids is 1. The van der Waals surface area contributed by atoms with E-state index >= 15 is 0 Å². The van der Waals surface area contributed by atoms with E-state index in [0.29, 0.717) is 22.8 Å². The summed E-state index contributed by atoms with van der Waals surface area (Å²) in [6.07, 6.45) is 1.32. The second-order valence-corrected chi connectivity index (χ2v) is 7.55. The Hall–Kier alpha value is -4.24. The van der Waals surface area contributed by atoms with Crippen LogP contribution >= 0.6 is 12.2 Å². The molecular formula is C24H18N2O6S. The first-order chi connectivity index (χ1) is 15.8. The van der Waals surface area contributed by atoms with Crippen LogP contribution in [0.4, 0.5) is 5.69 Å². The number of rotatable bonds is 5. The van der Waals surface area contributed by atoms with E-state index in [-0.39, 0.29) is 22.0 Å². The van der Waals surface area contributed by atoms with Crippen LogP contribution in [-0.4, -0.2) is 35.1 Å². The van der Waals surface area contributed by atoms with Crippen molar-refractivity contribution in [3.8, 4) is 17.1 Å². The summed E-state index contributed by atoms with van der Waals surface area (Å²) in [4.78, 5) is 38.3. The SMILES string of the molecule is COc1ccccc1N1C(=O)C(=Cc2ccc(-c3cc(C(=O)O)ccc3C)o2)C(=O)NC1=S. The summed E-state index contributed by atoms with van der Waals surface area (Å²) >= 11 is 5.22. The van der Waals surface area contributed by atoms with Crippen LogP contribution in [0.2, 0.25) is 0 Å². The molecule has 0 radical (unpaired) electrons. The van der Waals surface area contributed by atoms with Gasteiger partial charge in [-0.2, -0.15) is 0 Å². The monoisotopic (exact) mass is 462 g/mol. The normalized spacial score (nSPS) is 15.0. The number of carboxylic acid groups (broad SMARTS) is 1. The fourth-order valence-electron chi connectivity index (χ4n) is 3.43. The molecule has 0 aliphatic carbocycles. The highest BCUT2D eigenvalue weighted by molar-refractivity contribution is 7.80. The number of ether oxygens (including phenoxy) is 1. The molecule has 2 amide bonds. The minimum atomic E-state index is -1.05. The van der Waals surface area contributed by atoms with Gasteiger partial charge in [0.15, 0.2) is 5.11 Å². The fraction of sp³-hybridized carbons (Fsp3) is 0.0833. The molecule has 0 spiro atoms. The van der Waals surface area contributed by atoms with E-state index < -0.39 is 17.8 Å². The van der Waals surface area contributed by atoms with E-state index in [1.165, 1.54) is 30.2 Å². The summed E-state index contributed by atoms with van der Waals surface area (Å²) in [5.41, 5.74) is 1.74. The molecule has 0 atom stereocenters. The predicted octanol–water partition coefficient (Wildman–Crippen LogP) is 3.79. The largest absolute Gasteiger partial charge is 0.495 e. The van der Waals surface area contributed by atoms with E-state index in [2.05, 4.69) is 5.32 Å². The highest BCUT2D eigenvalue weighted by Crippen LogP contribution is 2.32. The van der Waals surface area contributed by atoms with Crippen LogP contribution < -0.4 is 15.0 Å². The third-order valence-electron chi connectivity index (χ3n) is 5.09. The standard InChI is InChI=1S/C24H18N2O6S/c1-13-7-8-14(23(29)30)11-16(13)19-10-9-15(32-19)12-17-21(27)25-24(33)26(22(17)28)18-5-3-4-6-20(18)31-2/h3-12H,1-2H3,(H,29,30)(H,25,27,33). The third-order valence-corrected chi connectivity index (χ3v) is 5.38. The van der Waals surface area contributed by atoms with Gasteiger partial charge >= 0.3 is 5.97 Å². The molecular weight excluding hydrogens is 444 g/mol. The van der Waals surface area contributed by atoms with Gasteiger partial charge in [0.1, 0.15) is 22.8 Å². The van der Waals surface area contributed by atoms with Gasteiger partial charge in [0.25, 0.3) is 11.8 Å². The number of furan rings is 1. The number of amides is 2. The van der Waals surface area contributed by atoms with Crippen molar-refractivity contribution in [3.05, 3.63) is 77.1 Å². The van der Waals surface area contributed by atoms with E-state index in [1.54, 1.807) is 42.5 Å². The predicted molar refractivity (Wildman–Crippen MR) is 125 cm³/mol. The maximum Gasteiger partial charge on any atom is 0.335 e. The van der Waals surface area contributed by atoms with Gasteiger partial charge in [0.05, 0.1) is 18.4 Å². The molecule has 9 heteroatoms. The summed E-state index contributed by atoms with van der Waals surface area (Å²) in [7, 11) is 1.47. The summed E-state index contributed by atoms with van der Waals surface area (Å²) in [5, 5.41) is 11.7. The number of nitrogens with zero attached hydrogens (tertiary/aromatic N) is 1. The van der Waals surface area contributed by atoms with Gasteiger partial charge in [-0.3, -0.25) is 14.9 Å². The third kappa shape index (κ3) is 4.13. The van der Waals surface area contributed by atoms with Gasteiger partial charge in [-0.1, -0.05) is 18.2 Å². The molecule has 166 valence electrons. The number of thiocarbonyl (C=S) groups is 1. The molecule has 0 bridgehead atoms. The number of benzene rings is 2. The number of methoxy groups -OCH3 is 1. The molecule has 1 fully saturated rings. The molecule has 2 N–H and O–H groups in total. The molecule has 0 unspecified atom stereocenters. The van der Waals surface area contributed by atoms with Gasteiger partial charge in [0, 0.05) is 5.56 Å². The average molecular weight is 462 g/mol. The number of hydrogen-bond acceptors (Lipinski definition) is 6. The number of nitrogens with one attached hydrogen (secondary N) is 1. The summed E-state index contributed by atoms with van der Waals surface area (Å²) in [5.74, 6) is -1.27. The average Bonchev–Trinajstić information content (AvgIpc) is 3.25. The molecule has 1 saturated heterocycles. The minimum absolute atomic E-state index is 0.0621. The number of aromatic carboxylic acids is 1. The number of hydrogen-bond donors (Lipinski definition) is 2. The van der Waals surface area contributed by atoms with Crippen molar-refractivity contribution in [2.24, 2.45) is 0 Å². The second kappa shape index (κ2) is 8.71. The number of para-hydroxylation sites is 2. The summed E-state index contributed by atoms with van der Waals surface area (Å²) in [6, 6.07) is 14.7. The number of carbonyl (C=O) groups is 3. The minimum Gasteiger partial charge on any atom is -0.495 e. The molecule has 4 rings (SSSR count). The van der Waals surface area contributed by atoms with Gasteiger partial charge in [-0.05, 0) is 67.2 Å². The Balaban J connectivity index is 1.71. The van der Waals surface area contributed by atoms with Crippen LogP contribution in [0.3, 0.4) is 0 Å². The lowest BCUT2D eigenvalue weighted by atomic mass is 10.0. The van der Waals surface area contributed by atoms with Crippen LogP contribution in [0, 0.1) is 6.92 Å². The van der Waals surface area contributed by atoms with Gasteiger partial charge in [0.2, 0.25) is 0 Å². The number of anilines is 1. The lowest BCUT2D eigenvalue weighted by Crippen LogP contribution is -2.54. The van der Waals surface area contributed by atoms with Crippen molar-refractivity contribution in [2.45, 2.75) is 6.92 Å². The summed E-state index contributed by atoms with van der Waals surface area (Å²) in [6.45, 7) is 1.83. The summed E-state index contributed by atoms with van der Waals surface area (Å²) < 4.78 is 11.1. The molecule has 3 aromatic rings. The zero-order valence-corrected chi connectivity index (χ0v) is 18.4. The quantitative estimate of drug-likeness (QED) is 0.337. The van der Waals surface area contributed by atoms with Crippen molar-refractivity contribution in [3.63, 3.8) is 0 Å². The van der Waals surface area contributed by atoms with Gasteiger partial charge < -0.3 is 14.3 Å². The molecule has 8 nitrogen and oxygen atoms in total. The highest BCUT2D eigenvalue weighted by atomic mass is 32.1. The first-order valence-corrected chi connectivity index (χ1v) is 10.2. The van der Waals surface area contributed by atoms with Crippen LogP contribution in [0.15, 0.2) is 64.6 Å². The van der Waals surface area contributed by atoms with Crippen molar-refractivity contribution in [2.75, 3.05) is 12.0 Å². The number of aryl methyl sites for hydroxylation is 1. The Bertz CT molecular complexity index is 1340. The number of carbonyl (C=O) groups excluding carboxylic acids is 2. The Morgan fingerprint density at radius 3 is 2.64 bits per heavy atom. The van der Waals surface area contributed by atoms with Crippen LogP contribution in [-0.2, 0) is 9.59 Å². The maximum absolute atomic E-state index is 13.2. The molecule has 0 saturated carbocycles. The Morgan fingerprint density at radius 1 is 1.15 bits per heavy atom. The smallest absolute Gasteiger partial charge is 0.335 e. The fourth-order valence-corrected chi connectivity index (χ4v) is 3.70. The second-order valence-electron chi connectivity index (χ2n) is 7.17. The first-order valence-electron chi connectivity index (χ1n) is 9.78. The van der Waals surface area contributed by atoms with Crippen LogP contribution in [0.25, 0.3) is 17.4 Å². The zero-order chi connectivity index (χ0) is 23.7. The van der Waals surface area contributed by atoms with Crippen molar-refractivity contribution in [1.82, 2.24) is 5.32 Å². The van der Waals surface area contributed by atoms with Crippen LogP contribution in [0.5, 0.6) is 5.75 Å². The Labute approximate surface area is 194 Å². The first kappa shape index (κ1) is 22.0. The molecule has 2 aromatic carbocycles. The Kier molecular flexibility index (Phi) is 5.80. The van der Waals surface area contributed by atoms with E-state index in [9.17, 15) is 19.5 Å². The molecule has 1 aliphatic heterocycles. The lowest BCUT2D eigenvalue weighted by molar-refractivity contribution is -0.122. The van der Waals surface area contributed by atoms with Crippen LogP contribution in [0.1, 0.15) is 21.7 Å². The molecule has 2 heterocycles. The molecule has 33 heavy (non-hydrogen) atoms. The van der Waals surface area contributed by atoms with Gasteiger partial charge in [-0.15, -0.1) is 0 Å². The lowest BCUT2D eigenvalue weighted by Gasteiger charge is -2.29. The topological polar surface area (TPSA) is 109 Å². The van der Waals surface area contributed by atoms with Gasteiger partial charge in [-0.25, -0.2) is 9.69 Å². The van der Waals surface area contributed by atoms with E-state index in [1.807, 2.05) is 6.92 Å². The van der Waals surface area contributed by atoms with Crippen molar-refractivity contribution < 1.29 is 28.6 Å². The highest BCUT2D eigenvalue weighted by Gasteiger charge is 2.36. The molecule has 1 aliphatic rings.